The number of hydrogen-bond donors (Lipinski definition) is 2. The van der Waals surface area contributed by atoms with Crippen LogP contribution in [0, 0.1) is 0 Å². The van der Waals surface area contributed by atoms with Crippen molar-refractivity contribution in [3.05, 3.63) is 54.6 Å². The van der Waals surface area contributed by atoms with Gasteiger partial charge in [0.2, 0.25) is 5.91 Å². The first kappa shape index (κ1) is 19.5. The van der Waals surface area contributed by atoms with Crippen LogP contribution in [0.25, 0.3) is 11.1 Å². The van der Waals surface area contributed by atoms with Gasteiger partial charge in [-0.2, -0.15) is 0 Å². The van der Waals surface area contributed by atoms with Crippen LogP contribution < -0.4 is 10.6 Å². The normalized spacial score (nSPS) is 10.9. The number of ether oxygens (including phenoxy) is 1. The fraction of sp³-hybridized carbons (Fsp3) is 0.333. The van der Waals surface area contributed by atoms with E-state index < -0.39 is 11.7 Å². The van der Waals surface area contributed by atoms with Crippen LogP contribution in [0.5, 0.6) is 0 Å². The van der Waals surface area contributed by atoms with Gasteiger partial charge >= 0.3 is 6.09 Å². The Kier molecular flexibility index (Phi) is 6.78. The summed E-state index contributed by atoms with van der Waals surface area (Å²) in [6, 6.07) is 17.8. The lowest BCUT2D eigenvalue weighted by Crippen LogP contribution is -2.33. The lowest BCUT2D eigenvalue weighted by Gasteiger charge is -2.19. The molecule has 0 spiro atoms. The quantitative estimate of drug-likeness (QED) is 0.745. The van der Waals surface area contributed by atoms with Gasteiger partial charge in [0.15, 0.2) is 0 Å². The van der Waals surface area contributed by atoms with Gasteiger partial charge in [-0.1, -0.05) is 42.5 Å². The molecule has 0 saturated heterocycles. The van der Waals surface area contributed by atoms with Gasteiger partial charge < -0.3 is 15.4 Å². The highest BCUT2D eigenvalue weighted by molar-refractivity contribution is 5.91. The molecule has 2 aromatic rings. The van der Waals surface area contributed by atoms with E-state index >= 15 is 0 Å². The van der Waals surface area contributed by atoms with Crippen molar-refractivity contribution >= 4 is 17.7 Å². The van der Waals surface area contributed by atoms with Crippen LogP contribution in [0.4, 0.5) is 10.5 Å². The second-order valence-electron chi connectivity index (χ2n) is 7.02. The van der Waals surface area contributed by atoms with Crippen molar-refractivity contribution in [2.24, 2.45) is 0 Å². The second-order valence-corrected chi connectivity index (χ2v) is 7.02. The van der Waals surface area contributed by atoms with Crippen molar-refractivity contribution in [1.82, 2.24) is 5.32 Å². The van der Waals surface area contributed by atoms with E-state index in [0.717, 1.165) is 16.8 Å². The minimum absolute atomic E-state index is 0.0801. The Balaban J connectivity index is 1.72. The van der Waals surface area contributed by atoms with E-state index in [1.165, 1.54) is 0 Å². The molecule has 5 heteroatoms. The summed E-state index contributed by atoms with van der Waals surface area (Å²) in [6.07, 6.45) is 0.415. The number of alkyl carbamates (subject to hydrolysis) is 1. The summed E-state index contributed by atoms with van der Waals surface area (Å²) in [5.41, 5.74) is 2.48. The Morgan fingerprint density at radius 2 is 1.54 bits per heavy atom. The van der Waals surface area contributed by atoms with Gasteiger partial charge in [0.1, 0.15) is 5.60 Å². The lowest BCUT2D eigenvalue weighted by atomic mass is 10.1. The van der Waals surface area contributed by atoms with Gasteiger partial charge in [0.25, 0.3) is 0 Å². The van der Waals surface area contributed by atoms with Crippen molar-refractivity contribution in [3.8, 4) is 11.1 Å². The molecule has 0 saturated carbocycles. The maximum absolute atomic E-state index is 12.0. The number of carbonyl (C=O) groups is 2. The summed E-state index contributed by atoms with van der Waals surface area (Å²) >= 11 is 0. The minimum atomic E-state index is -0.520. The van der Waals surface area contributed by atoms with Crippen LogP contribution in [0.15, 0.2) is 54.6 Å². The van der Waals surface area contributed by atoms with Crippen LogP contribution >= 0.6 is 0 Å². The third-order valence-electron chi connectivity index (χ3n) is 3.52. The molecule has 0 aliphatic carbocycles. The molecule has 0 atom stereocenters. The molecule has 0 radical (unpaired) electrons. The summed E-state index contributed by atoms with van der Waals surface area (Å²) in [5, 5.41) is 5.51. The third kappa shape index (κ3) is 6.97. The van der Waals surface area contributed by atoms with E-state index in [1.54, 1.807) is 0 Å². The molecule has 138 valence electrons. The highest BCUT2D eigenvalue weighted by Crippen LogP contribution is 2.21. The Morgan fingerprint density at radius 1 is 0.923 bits per heavy atom. The molecule has 2 N–H and O–H groups in total. The van der Waals surface area contributed by atoms with Crippen LogP contribution in [0.1, 0.15) is 33.6 Å². The number of amides is 2. The summed E-state index contributed by atoms with van der Waals surface area (Å²) in [7, 11) is 0. The molecule has 5 nitrogen and oxygen atoms in total. The number of carbonyl (C=O) groups excluding carboxylic acids is 2. The number of rotatable bonds is 6. The van der Waals surface area contributed by atoms with E-state index in [1.807, 2.05) is 75.4 Å². The predicted molar refractivity (Wildman–Crippen MR) is 104 cm³/mol. The average Bonchev–Trinajstić information content (AvgIpc) is 2.59. The van der Waals surface area contributed by atoms with Crippen molar-refractivity contribution in [2.75, 3.05) is 11.9 Å². The zero-order chi connectivity index (χ0) is 19.0. The lowest BCUT2D eigenvalue weighted by molar-refractivity contribution is -0.116. The van der Waals surface area contributed by atoms with Crippen molar-refractivity contribution in [2.45, 2.75) is 39.2 Å². The largest absolute Gasteiger partial charge is 0.444 e. The Morgan fingerprint density at radius 3 is 2.15 bits per heavy atom. The molecule has 0 heterocycles. The fourth-order valence-corrected chi connectivity index (χ4v) is 2.35. The number of nitrogens with one attached hydrogen (secondary N) is 2. The summed E-state index contributed by atoms with van der Waals surface area (Å²) in [5.74, 6) is -0.0801. The predicted octanol–water partition coefficient (Wildman–Crippen LogP) is 4.60. The Labute approximate surface area is 154 Å². The minimum Gasteiger partial charge on any atom is -0.444 e. The van der Waals surface area contributed by atoms with Crippen LogP contribution in [0.2, 0.25) is 0 Å². The summed E-state index contributed by atoms with van der Waals surface area (Å²) in [4.78, 5) is 23.5. The van der Waals surface area contributed by atoms with E-state index in [4.69, 9.17) is 4.74 Å². The highest BCUT2D eigenvalue weighted by Gasteiger charge is 2.15. The molecule has 0 fully saturated rings. The molecular weight excluding hydrogens is 328 g/mol. The SMILES string of the molecule is CC(C)(C)OC(=O)NCCCC(=O)Nc1ccc(-c2ccccc2)cc1. The molecule has 0 aromatic heterocycles. The van der Waals surface area contributed by atoms with Crippen LogP contribution in [-0.4, -0.2) is 24.1 Å². The molecule has 0 bridgehead atoms. The van der Waals surface area contributed by atoms with Crippen molar-refractivity contribution in [1.29, 1.82) is 0 Å². The van der Waals surface area contributed by atoms with Crippen LogP contribution in [0.3, 0.4) is 0 Å². The smallest absolute Gasteiger partial charge is 0.407 e. The van der Waals surface area contributed by atoms with Crippen molar-refractivity contribution < 1.29 is 14.3 Å². The molecule has 2 aromatic carbocycles. The molecule has 0 aliphatic rings. The first-order valence-electron chi connectivity index (χ1n) is 8.76. The zero-order valence-electron chi connectivity index (χ0n) is 15.5. The van der Waals surface area contributed by atoms with Gasteiger partial charge in [-0.15, -0.1) is 0 Å². The Bertz CT molecular complexity index is 719. The first-order valence-corrected chi connectivity index (χ1v) is 8.76. The second kappa shape index (κ2) is 9.04. The molecular formula is C21H26N2O3. The first-order chi connectivity index (χ1) is 12.3. The molecule has 0 unspecified atom stereocenters. The topological polar surface area (TPSA) is 67.4 Å². The van der Waals surface area contributed by atoms with E-state index in [9.17, 15) is 9.59 Å². The summed E-state index contributed by atoms with van der Waals surface area (Å²) < 4.78 is 5.14. The van der Waals surface area contributed by atoms with Gasteiger partial charge in [0, 0.05) is 18.7 Å². The number of benzene rings is 2. The third-order valence-corrected chi connectivity index (χ3v) is 3.52. The van der Waals surface area contributed by atoms with Crippen molar-refractivity contribution in [3.63, 3.8) is 0 Å². The molecule has 2 rings (SSSR count). The fourth-order valence-electron chi connectivity index (χ4n) is 2.35. The van der Waals surface area contributed by atoms with E-state index in [-0.39, 0.29) is 5.91 Å². The highest BCUT2D eigenvalue weighted by atomic mass is 16.6. The number of hydrogen-bond acceptors (Lipinski definition) is 3. The monoisotopic (exact) mass is 354 g/mol. The zero-order valence-corrected chi connectivity index (χ0v) is 15.5. The number of anilines is 1. The van der Waals surface area contributed by atoms with Gasteiger partial charge in [-0.3, -0.25) is 4.79 Å². The van der Waals surface area contributed by atoms with Gasteiger partial charge in [-0.05, 0) is 50.5 Å². The maximum Gasteiger partial charge on any atom is 0.407 e. The molecule has 0 aliphatic heterocycles. The van der Waals surface area contributed by atoms with E-state index in [2.05, 4.69) is 10.6 Å². The molecule has 26 heavy (non-hydrogen) atoms. The Hall–Kier alpha value is -2.82. The van der Waals surface area contributed by atoms with Gasteiger partial charge in [-0.25, -0.2) is 4.79 Å². The van der Waals surface area contributed by atoms with Crippen LogP contribution in [-0.2, 0) is 9.53 Å². The van der Waals surface area contributed by atoms with E-state index in [0.29, 0.717) is 19.4 Å². The molecule has 2 amide bonds. The average molecular weight is 354 g/mol. The van der Waals surface area contributed by atoms with Gasteiger partial charge in [0.05, 0.1) is 0 Å². The standard InChI is InChI=1S/C21H26N2O3/c1-21(2,3)26-20(25)22-15-7-10-19(24)23-18-13-11-17(12-14-18)16-8-5-4-6-9-16/h4-6,8-9,11-14H,7,10,15H2,1-3H3,(H,22,25)(H,23,24). The maximum atomic E-state index is 12.0. The summed E-state index contributed by atoms with van der Waals surface area (Å²) in [6.45, 7) is 5.82.